The molecule has 1 fully saturated rings. The fourth-order valence-electron chi connectivity index (χ4n) is 2.76. The van der Waals surface area contributed by atoms with E-state index in [-0.39, 0.29) is 0 Å². The minimum absolute atomic E-state index is 0.349. The minimum atomic E-state index is 0.349. The van der Waals surface area contributed by atoms with Crippen LogP contribution in [0.25, 0.3) is 0 Å². The summed E-state index contributed by atoms with van der Waals surface area (Å²) < 4.78 is 0. The van der Waals surface area contributed by atoms with Crippen LogP contribution in [0.5, 0.6) is 0 Å². The Morgan fingerprint density at radius 3 is 2.68 bits per heavy atom. The second-order valence-corrected chi connectivity index (χ2v) is 7.37. The first-order chi connectivity index (χ1) is 13.5. The summed E-state index contributed by atoms with van der Waals surface area (Å²) in [6, 6.07) is 9.45. The molecule has 10 heteroatoms. The van der Waals surface area contributed by atoms with E-state index in [0.717, 1.165) is 50.0 Å². The van der Waals surface area contributed by atoms with Crippen molar-refractivity contribution in [1.29, 1.82) is 0 Å². The summed E-state index contributed by atoms with van der Waals surface area (Å²) in [7, 11) is 2.07. The van der Waals surface area contributed by atoms with Crippen LogP contribution in [0.2, 0.25) is 5.02 Å². The van der Waals surface area contributed by atoms with Crippen LogP contribution in [0.15, 0.2) is 36.7 Å². The molecule has 1 aromatic carbocycles. The average molecular weight is 421 g/mol. The highest BCUT2D eigenvalue weighted by molar-refractivity contribution is 7.80. The van der Waals surface area contributed by atoms with E-state index in [1.165, 1.54) is 0 Å². The number of likely N-dealkylation sites (N-methyl/N-ethyl adjacent to an activating group) is 1. The van der Waals surface area contributed by atoms with Gasteiger partial charge in [0.15, 0.2) is 5.11 Å². The van der Waals surface area contributed by atoms with E-state index in [4.69, 9.17) is 29.6 Å². The lowest BCUT2D eigenvalue weighted by atomic mass is 10.3. The van der Waals surface area contributed by atoms with Crippen molar-refractivity contribution in [2.45, 2.75) is 0 Å². The first kappa shape index (κ1) is 20.5. The molecule has 3 rings (SSSR count). The van der Waals surface area contributed by atoms with Crippen molar-refractivity contribution in [2.75, 3.05) is 61.5 Å². The fraction of sp³-hybridized carbons (Fsp3) is 0.389. The number of nitrogens with two attached hydrogens (primary N) is 1. The molecule has 0 bridgehead atoms. The van der Waals surface area contributed by atoms with Gasteiger partial charge in [0.1, 0.15) is 18.0 Å². The van der Waals surface area contributed by atoms with Crippen LogP contribution in [0, 0.1) is 0 Å². The van der Waals surface area contributed by atoms with Gasteiger partial charge in [-0.05, 0) is 43.5 Å². The lowest BCUT2D eigenvalue weighted by Crippen LogP contribution is -2.54. The van der Waals surface area contributed by atoms with Crippen LogP contribution >= 0.6 is 23.8 Å². The van der Waals surface area contributed by atoms with Gasteiger partial charge in [-0.2, -0.15) is 0 Å². The number of aromatic nitrogens is 2. The summed E-state index contributed by atoms with van der Waals surface area (Å²) in [6.07, 6.45) is 1.58. The Balaban J connectivity index is 1.44. The molecule has 28 heavy (non-hydrogen) atoms. The number of rotatable bonds is 9. The van der Waals surface area contributed by atoms with Gasteiger partial charge in [-0.15, -0.1) is 0 Å². The molecule has 1 aromatic heterocycles. The second kappa shape index (κ2) is 9.83. The topological polar surface area (TPSA) is 85.6 Å². The third-order valence-electron chi connectivity index (χ3n) is 4.48. The van der Waals surface area contributed by atoms with Crippen LogP contribution < -0.4 is 26.4 Å². The number of benzene rings is 1. The standard InChI is InChI=1S/C18H25ClN8S/c1-25(10-11-26(18(20)28)15-4-2-14(19)3-5-15)8-6-21-16-12-17(23-13-22-16)27-9-7-24-27/h2-5,12-13,24H,6-11H2,1H3,(H2,20,28)(H,21,22,23). The normalized spacial score (nSPS) is 13.3. The molecular weight excluding hydrogens is 396 g/mol. The fourth-order valence-corrected chi connectivity index (χ4v) is 3.08. The van der Waals surface area contributed by atoms with E-state index in [2.05, 4.69) is 32.7 Å². The first-order valence-corrected chi connectivity index (χ1v) is 9.89. The van der Waals surface area contributed by atoms with Gasteiger partial charge in [-0.25, -0.2) is 15.4 Å². The smallest absolute Gasteiger partial charge is 0.170 e. The zero-order chi connectivity index (χ0) is 19.9. The van der Waals surface area contributed by atoms with Crippen LogP contribution in [-0.2, 0) is 0 Å². The molecule has 0 radical (unpaired) electrons. The van der Waals surface area contributed by atoms with Crippen LogP contribution in [-0.4, -0.2) is 66.3 Å². The predicted molar refractivity (Wildman–Crippen MR) is 119 cm³/mol. The summed E-state index contributed by atoms with van der Waals surface area (Å²) in [5, 5.41) is 6.38. The summed E-state index contributed by atoms with van der Waals surface area (Å²) in [5.41, 5.74) is 10.0. The molecule has 0 unspecified atom stereocenters. The number of hydrogen-bond donors (Lipinski definition) is 3. The second-order valence-electron chi connectivity index (χ2n) is 6.52. The highest BCUT2D eigenvalue weighted by Gasteiger charge is 2.15. The zero-order valence-electron chi connectivity index (χ0n) is 15.8. The Morgan fingerprint density at radius 2 is 2.04 bits per heavy atom. The largest absolute Gasteiger partial charge is 0.376 e. The lowest BCUT2D eigenvalue weighted by molar-refractivity contribution is 0.357. The Labute approximate surface area is 175 Å². The summed E-state index contributed by atoms with van der Waals surface area (Å²) >= 11 is 11.2. The van der Waals surface area contributed by atoms with Gasteiger partial charge in [-0.3, -0.25) is 5.01 Å². The molecular formula is C18H25ClN8S. The molecule has 0 spiro atoms. The Kier molecular flexibility index (Phi) is 7.21. The van der Waals surface area contributed by atoms with Gasteiger partial charge in [0.05, 0.1) is 6.54 Å². The number of thiocarbonyl (C=S) groups is 1. The van der Waals surface area contributed by atoms with Gasteiger partial charge in [0, 0.05) is 49.5 Å². The highest BCUT2D eigenvalue weighted by Crippen LogP contribution is 2.18. The van der Waals surface area contributed by atoms with Gasteiger partial charge in [0.25, 0.3) is 0 Å². The van der Waals surface area contributed by atoms with E-state index in [9.17, 15) is 0 Å². The zero-order valence-corrected chi connectivity index (χ0v) is 17.4. The molecule has 0 atom stereocenters. The van der Waals surface area contributed by atoms with Gasteiger partial charge < -0.3 is 20.9 Å². The lowest BCUT2D eigenvalue weighted by Gasteiger charge is -2.32. The van der Waals surface area contributed by atoms with Gasteiger partial charge >= 0.3 is 0 Å². The Morgan fingerprint density at radius 1 is 1.29 bits per heavy atom. The van der Waals surface area contributed by atoms with E-state index >= 15 is 0 Å². The third kappa shape index (κ3) is 5.65. The number of hydrogen-bond acceptors (Lipinski definition) is 7. The molecule has 2 aromatic rings. The summed E-state index contributed by atoms with van der Waals surface area (Å²) in [4.78, 5) is 12.7. The molecule has 1 aliphatic rings. The van der Waals surface area contributed by atoms with Crippen molar-refractivity contribution < 1.29 is 0 Å². The number of nitrogens with one attached hydrogen (secondary N) is 2. The van der Waals surface area contributed by atoms with Crippen LogP contribution in [0.4, 0.5) is 17.3 Å². The molecule has 4 N–H and O–H groups in total. The number of nitrogens with zero attached hydrogens (tertiary/aromatic N) is 5. The molecule has 1 saturated heterocycles. The van der Waals surface area contributed by atoms with E-state index in [1.54, 1.807) is 6.33 Å². The SMILES string of the molecule is CN(CCNc1cc(N2CCN2)ncn1)CCN(C(N)=S)c1ccc(Cl)cc1. The number of halogens is 1. The molecule has 150 valence electrons. The van der Waals surface area contributed by atoms with Crippen molar-refractivity contribution >= 4 is 46.3 Å². The first-order valence-electron chi connectivity index (χ1n) is 9.11. The molecule has 8 nitrogen and oxygen atoms in total. The maximum absolute atomic E-state index is 5.96. The van der Waals surface area contributed by atoms with E-state index in [0.29, 0.717) is 16.7 Å². The maximum Gasteiger partial charge on any atom is 0.170 e. The monoisotopic (exact) mass is 420 g/mol. The van der Waals surface area contributed by atoms with Crippen molar-refractivity contribution in [2.24, 2.45) is 5.73 Å². The number of hydrazine groups is 1. The van der Waals surface area contributed by atoms with Gasteiger partial charge in [-0.1, -0.05) is 11.6 Å². The average Bonchev–Trinajstić information content (AvgIpc) is 2.62. The van der Waals surface area contributed by atoms with Gasteiger partial charge in [0.2, 0.25) is 0 Å². The summed E-state index contributed by atoms with van der Waals surface area (Å²) in [5.74, 6) is 1.70. The highest BCUT2D eigenvalue weighted by atomic mass is 35.5. The predicted octanol–water partition coefficient (Wildman–Crippen LogP) is 1.55. The van der Waals surface area contributed by atoms with Crippen molar-refractivity contribution in [3.05, 3.63) is 41.7 Å². The third-order valence-corrected chi connectivity index (χ3v) is 4.95. The molecule has 1 aliphatic heterocycles. The van der Waals surface area contributed by atoms with E-state index in [1.807, 2.05) is 40.2 Å². The Hall–Kier alpha value is -2.20. The van der Waals surface area contributed by atoms with Crippen LogP contribution in [0.1, 0.15) is 0 Å². The van der Waals surface area contributed by atoms with Crippen molar-refractivity contribution in [3.63, 3.8) is 0 Å². The maximum atomic E-state index is 5.96. The van der Waals surface area contributed by atoms with Crippen LogP contribution in [0.3, 0.4) is 0 Å². The molecule has 0 saturated carbocycles. The molecule has 0 amide bonds. The van der Waals surface area contributed by atoms with Crippen molar-refractivity contribution in [3.8, 4) is 0 Å². The minimum Gasteiger partial charge on any atom is -0.376 e. The Bertz CT molecular complexity index is 783. The summed E-state index contributed by atoms with van der Waals surface area (Å²) in [6.45, 7) is 5.09. The molecule has 2 heterocycles. The number of anilines is 3. The van der Waals surface area contributed by atoms with E-state index < -0.39 is 0 Å². The quantitative estimate of drug-likeness (QED) is 0.523. The van der Waals surface area contributed by atoms with Crippen molar-refractivity contribution in [1.82, 2.24) is 20.3 Å². The molecule has 0 aliphatic carbocycles.